The number of amides is 4. The third kappa shape index (κ3) is 2.67. The minimum absolute atomic E-state index is 0.149. The van der Waals surface area contributed by atoms with Crippen molar-refractivity contribution in [1.82, 2.24) is 9.80 Å². The van der Waals surface area contributed by atoms with Crippen molar-refractivity contribution in [3.8, 4) is 0 Å². The number of carbonyl (C=O) groups excluding carboxylic acids is 3. The van der Waals surface area contributed by atoms with Crippen molar-refractivity contribution < 1.29 is 19.3 Å². The van der Waals surface area contributed by atoms with E-state index in [2.05, 4.69) is 0 Å². The van der Waals surface area contributed by atoms with E-state index in [0.717, 1.165) is 41.3 Å². The van der Waals surface area contributed by atoms with Crippen LogP contribution in [-0.2, 0) is 16.1 Å². The van der Waals surface area contributed by atoms with E-state index in [-0.39, 0.29) is 6.54 Å². The monoisotopic (exact) mass is 288 g/mol. The number of imide groups is 2. The van der Waals surface area contributed by atoms with Crippen LogP contribution in [0.25, 0.3) is 0 Å². The van der Waals surface area contributed by atoms with Gasteiger partial charge in [-0.25, -0.2) is 9.69 Å². The molecule has 4 amide bonds. The zero-order chi connectivity index (χ0) is 14.8. The molecule has 0 unspecified atom stereocenters. The highest BCUT2D eigenvalue weighted by Gasteiger charge is 2.46. The average molecular weight is 288 g/mol. The first kappa shape index (κ1) is 13.8. The van der Waals surface area contributed by atoms with E-state index in [4.69, 9.17) is 0 Å². The van der Waals surface area contributed by atoms with Gasteiger partial charge >= 0.3 is 17.8 Å². The van der Waals surface area contributed by atoms with Gasteiger partial charge in [-0.1, -0.05) is 30.3 Å². The SMILES string of the molecule is O=C1C(=O)N(C[NH+]2CCCC2)C(=O)N1Cc1ccccc1. The van der Waals surface area contributed by atoms with Crippen molar-refractivity contribution in [2.75, 3.05) is 19.8 Å². The van der Waals surface area contributed by atoms with E-state index in [0.29, 0.717) is 6.67 Å². The summed E-state index contributed by atoms with van der Waals surface area (Å²) in [6.07, 6.45) is 2.21. The van der Waals surface area contributed by atoms with Crippen LogP contribution in [0.2, 0.25) is 0 Å². The molecule has 2 heterocycles. The highest BCUT2D eigenvalue weighted by atomic mass is 16.2. The Morgan fingerprint density at radius 2 is 1.52 bits per heavy atom. The molecule has 21 heavy (non-hydrogen) atoms. The quantitative estimate of drug-likeness (QED) is 0.606. The smallest absolute Gasteiger partial charge is 0.317 e. The number of carbonyl (C=O) groups is 3. The van der Waals surface area contributed by atoms with Crippen LogP contribution in [0.1, 0.15) is 18.4 Å². The van der Waals surface area contributed by atoms with Gasteiger partial charge in [-0.2, -0.15) is 0 Å². The maximum Gasteiger partial charge on any atom is 0.339 e. The molecule has 3 rings (SSSR count). The van der Waals surface area contributed by atoms with Gasteiger partial charge in [0.25, 0.3) is 0 Å². The number of nitrogens with one attached hydrogen (secondary N) is 1. The number of benzene rings is 1. The second-order valence-electron chi connectivity index (χ2n) is 5.51. The lowest BCUT2D eigenvalue weighted by molar-refractivity contribution is -0.894. The molecular formula is C15H18N3O3+. The van der Waals surface area contributed by atoms with Crippen LogP contribution in [0.4, 0.5) is 4.79 Å². The number of hydrogen-bond acceptors (Lipinski definition) is 3. The molecule has 2 aliphatic heterocycles. The topological polar surface area (TPSA) is 62.1 Å². The van der Waals surface area contributed by atoms with Crippen LogP contribution in [-0.4, -0.2) is 47.4 Å². The van der Waals surface area contributed by atoms with Gasteiger partial charge < -0.3 is 4.90 Å². The highest BCUT2D eigenvalue weighted by Crippen LogP contribution is 2.14. The Hall–Kier alpha value is -2.21. The molecular weight excluding hydrogens is 270 g/mol. The maximum absolute atomic E-state index is 12.3. The molecule has 0 aliphatic carbocycles. The summed E-state index contributed by atoms with van der Waals surface area (Å²) in [5.74, 6) is -1.42. The normalized spacial score (nSPS) is 19.9. The molecule has 0 spiro atoms. The molecule has 0 aromatic heterocycles. The minimum Gasteiger partial charge on any atom is -0.317 e. The van der Waals surface area contributed by atoms with Crippen LogP contribution < -0.4 is 4.90 Å². The predicted molar refractivity (Wildman–Crippen MR) is 74.0 cm³/mol. The van der Waals surface area contributed by atoms with Crippen LogP contribution in [0.5, 0.6) is 0 Å². The van der Waals surface area contributed by atoms with Gasteiger partial charge in [0.2, 0.25) is 0 Å². The van der Waals surface area contributed by atoms with Crippen LogP contribution in [0, 0.1) is 0 Å². The minimum atomic E-state index is -0.720. The van der Waals surface area contributed by atoms with Crippen molar-refractivity contribution in [2.24, 2.45) is 0 Å². The summed E-state index contributed by atoms with van der Waals surface area (Å²) in [7, 11) is 0. The van der Waals surface area contributed by atoms with Crippen molar-refractivity contribution >= 4 is 17.8 Å². The van der Waals surface area contributed by atoms with E-state index < -0.39 is 17.8 Å². The molecule has 2 saturated heterocycles. The van der Waals surface area contributed by atoms with Gasteiger partial charge in [-0.3, -0.25) is 14.5 Å². The lowest BCUT2D eigenvalue weighted by atomic mass is 10.2. The average Bonchev–Trinajstić information content (AvgIpc) is 3.08. The summed E-state index contributed by atoms with van der Waals surface area (Å²) in [6, 6.07) is 8.72. The van der Waals surface area contributed by atoms with E-state index in [9.17, 15) is 14.4 Å². The van der Waals surface area contributed by atoms with E-state index >= 15 is 0 Å². The largest absolute Gasteiger partial charge is 0.339 e. The molecule has 110 valence electrons. The summed E-state index contributed by atoms with van der Waals surface area (Å²) < 4.78 is 0. The molecule has 6 nitrogen and oxygen atoms in total. The molecule has 6 heteroatoms. The number of nitrogens with zero attached hydrogens (tertiary/aromatic N) is 2. The van der Waals surface area contributed by atoms with Crippen molar-refractivity contribution in [3.63, 3.8) is 0 Å². The molecule has 2 fully saturated rings. The fourth-order valence-corrected chi connectivity index (χ4v) is 2.85. The summed E-state index contributed by atoms with van der Waals surface area (Å²) >= 11 is 0. The molecule has 2 aliphatic rings. The van der Waals surface area contributed by atoms with Crippen LogP contribution in [0.15, 0.2) is 30.3 Å². The van der Waals surface area contributed by atoms with Gasteiger partial charge in [0.1, 0.15) is 0 Å². The lowest BCUT2D eigenvalue weighted by Crippen LogP contribution is -3.11. The zero-order valence-corrected chi connectivity index (χ0v) is 11.7. The fraction of sp³-hybridized carbons (Fsp3) is 0.400. The molecule has 1 N–H and O–H groups in total. The number of rotatable bonds is 4. The van der Waals surface area contributed by atoms with Gasteiger partial charge in [0.05, 0.1) is 19.6 Å². The first-order chi connectivity index (χ1) is 10.2. The molecule has 0 bridgehead atoms. The van der Waals surface area contributed by atoms with Crippen molar-refractivity contribution in [2.45, 2.75) is 19.4 Å². The molecule has 1 aromatic rings. The van der Waals surface area contributed by atoms with Crippen molar-refractivity contribution in [3.05, 3.63) is 35.9 Å². The Morgan fingerprint density at radius 3 is 2.19 bits per heavy atom. The van der Waals surface area contributed by atoms with Gasteiger partial charge in [0.15, 0.2) is 6.67 Å². The number of likely N-dealkylation sites (tertiary alicyclic amines) is 1. The summed E-state index contributed by atoms with van der Waals surface area (Å²) in [5, 5.41) is 0. The molecule has 0 saturated carbocycles. The predicted octanol–water partition coefficient (Wildman–Crippen LogP) is -0.386. The van der Waals surface area contributed by atoms with E-state index in [1.807, 2.05) is 30.3 Å². The summed E-state index contributed by atoms with van der Waals surface area (Å²) in [6.45, 7) is 2.35. The van der Waals surface area contributed by atoms with Gasteiger partial charge in [-0.15, -0.1) is 0 Å². The van der Waals surface area contributed by atoms with E-state index in [1.165, 1.54) is 4.90 Å². The number of urea groups is 1. The van der Waals surface area contributed by atoms with Crippen LogP contribution >= 0.6 is 0 Å². The molecule has 1 aromatic carbocycles. The maximum atomic E-state index is 12.3. The molecule has 0 atom stereocenters. The summed E-state index contributed by atoms with van der Waals surface area (Å²) in [4.78, 5) is 39.6. The first-order valence-electron chi connectivity index (χ1n) is 7.21. The zero-order valence-electron chi connectivity index (χ0n) is 11.7. The lowest BCUT2D eigenvalue weighted by Gasteiger charge is -2.19. The van der Waals surface area contributed by atoms with Crippen molar-refractivity contribution in [1.29, 1.82) is 0 Å². The Balaban J connectivity index is 1.72. The van der Waals surface area contributed by atoms with Crippen LogP contribution in [0.3, 0.4) is 0 Å². The number of hydrogen-bond donors (Lipinski definition) is 1. The Labute approximate surface area is 122 Å². The second-order valence-corrected chi connectivity index (χ2v) is 5.51. The first-order valence-corrected chi connectivity index (χ1v) is 7.21. The Morgan fingerprint density at radius 1 is 0.905 bits per heavy atom. The second kappa shape index (κ2) is 5.65. The standard InChI is InChI=1S/C15H17N3O3/c19-13-14(20)18(11-16-8-4-5-9-16)15(21)17(13)10-12-6-2-1-3-7-12/h1-3,6-7H,4-5,8-11H2/p+1. The third-order valence-corrected chi connectivity index (χ3v) is 4.01. The van der Waals surface area contributed by atoms with E-state index in [1.54, 1.807) is 0 Å². The third-order valence-electron chi connectivity index (χ3n) is 4.01. The molecule has 0 radical (unpaired) electrons. The number of quaternary nitrogens is 1. The van der Waals surface area contributed by atoms with Gasteiger partial charge in [0, 0.05) is 12.8 Å². The summed E-state index contributed by atoms with van der Waals surface area (Å²) in [5.41, 5.74) is 0.836. The Bertz CT molecular complexity index is 567. The fourth-order valence-electron chi connectivity index (χ4n) is 2.85. The Kier molecular flexibility index (Phi) is 3.70. The highest BCUT2D eigenvalue weighted by molar-refractivity contribution is 6.44. The van der Waals surface area contributed by atoms with Gasteiger partial charge in [-0.05, 0) is 5.56 Å².